The SMILES string of the molecule is COc1ncccc1CNC(=O)C(C)(N)C(F)(F)F. The summed E-state index contributed by atoms with van der Waals surface area (Å²) in [5.74, 6) is -1.08. The van der Waals surface area contributed by atoms with Crippen LogP contribution in [0, 0.1) is 0 Å². The maximum atomic E-state index is 12.5. The molecule has 1 unspecified atom stereocenters. The van der Waals surface area contributed by atoms with E-state index in [4.69, 9.17) is 10.5 Å². The summed E-state index contributed by atoms with van der Waals surface area (Å²) in [5, 5.41) is 2.12. The molecular formula is C11H14F3N3O2. The fourth-order valence-electron chi connectivity index (χ4n) is 1.23. The molecule has 1 atom stereocenters. The highest BCUT2D eigenvalue weighted by Gasteiger charge is 2.53. The zero-order valence-corrected chi connectivity index (χ0v) is 10.4. The Bertz CT molecular complexity index is 461. The number of ether oxygens (including phenoxy) is 1. The van der Waals surface area contributed by atoms with Gasteiger partial charge >= 0.3 is 6.18 Å². The summed E-state index contributed by atoms with van der Waals surface area (Å²) >= 11 is 0. The maximum absolute atomic E-state index is 12.5. The van der Waals surface area contributed by atoms with Crippen LogP contribution in [0.3, 0.4) is 0 Å². The Morgan fingerprint density at radius 1 is 1.53 bits per heavy atom. The second-order valence-electron chi connectivity index (χ2n) is 4.05. The standard InChI is InChI=1S/C11H14F3N3O2/c1-10(15,11(12,13)14)9(18)17-6-7-4-3-5-16-8(7)19-2/h3-5H,6,15H2,1-2H3,(H,17,18). The Hall–Kier alpha value is -1.83. The molecule has 0 saturated heterocycles. The molecule has 0 aliphatic heterocycles. The number of hydrogen-bond donors (Lipinski definition) is 2. The number of rotatable bonds is 4. The number of aromatic nitrogens is 1. The van der Waals surface area contributed by atoms with E-state index in [0.717, 1.165) is 0 Å². The number of hydrogen-bond acceptors (Lipinski definition) is 4. The van der Waals surface area contributed by atoms with Crippen molar-refractivity contribution in [3.05, 3.63) is 23.9 Å². The summed E-state index contributed by atoms with van der Waals surface area (Å²) in [4.78, 5) is 15.3. The quantitative estimate of drug-likeness (QED) is 0.860. The number of halogens is 3. The van der Waals surface area contributed by atoms with E-state index in [1.54, 1.807) is 12.1 Å². The fraction of sp³-hybridized carbons (Fsp3) is 0.455. The summed E-state index contributed by atoms with van der Waals surface area (Å²) < 4.78 is 42.5. The number of pyridine rings is 1. The number of nitrogens with one attached hydrogen (secondary N) is 1. The Labute approximate surface area is 108 Å². The van der Waals surface area contributed by atoms with Gasteiger partial charge in [0.1, 0.15) is 0 Å². The van der Waals surface area contributed by atoms with Crippen molar-refractivity contribution >= 4 is 5.91 Å². The summed E-state index contributed by atoms with van der Waals surface area (Å²) in [5.41, 5.74) is 2.50. The molecule has 1 rings (SSSR count). The topological polar surface area (TPSA) is 77.2 Å². The van der Waals surface area contributed by atoms with Crippen LogP contribution in [0.2, 0.25) is 0 Å². The lowest BCUT2D eigenvalue weighted by Crippen LogP contribution is -2.61. The van der Waals surface area contributed by atoms with Crippen LogP contribution >= 0.6 is 0 Å². The van der Waals surface area contributed by atoms with Crippen LogP contribution in [-0.4, -0.2) is 29.7 Å². The molecule has 0 saturated carbocycles. The van der Waals surface area contributed by atoms with Crippen LogP contribution in [0.4, 0.5) is 13.2 Å². The molecule has 8 heteroatoms. The number of nitrogens with zero attached hydrogens (tertiary/aromatic N) is 1. The molecule has 3 N–H and O–H groups in total. The van der Waals surface area contributed by atoms with Crippen LogP contribution in [0.25, 0.3) is 0 Å². The third-order valence-corrected chi connectivity index (χ3v) is 2.54. The first-order valence-corrected chi connectivity index (χ1v) is 5.32. The molecule has 0 aliphatic rings. The van der Waals surface area contributed by atoms with E-state index >= 15 is 0 Å². The molecular weight excluding hydrogens is 263 g/mol. The number of amides is 1. The first-order chi connectivity index (χ1) is 8.70. The van der Waals surface area contributed by atoms with E-state index in [-0.39, 0.29) is 12.4 Å². The van der Waals surface area contributed by atoms with E-state index in [1.165, 1.54) is 13.3 Å². The van der Waals surface area contributed by atoms with E-state index in [0.29, 0.717) is 12.5 Å². The minimum atomic E-state index is -4.82. The van der Waals surface area contributed by atoms with Gasteiger partial charge in [-0.3, -0.25) is 4.79 Å². The largest absolute Gasteiger partial charge is 0.481 e. The van der Waals surface area contributed by atoms with E-state index in [2.05, 4.69) is 10.3 Å². The Morgan fingerprint density at radius 2 is 2.16 bits per heavy atom. The third kappa shape index (κ3) is 3.34. The Morgan fingerprint density at radius 3 is 2.68 bits per heavy atom. The van der Waals surface area contributed by atoms with Crippen molar-refractivity contribution in [2.75, 3.05) is 7.11 Å². The lowest BCUT2D eigenvalue weighted by atomic mass is 10.0. The molecule has 1 heterocycles. The number of nitrogens with two attached hydrogens (primary N) is 1. The zero-order valence-electron chi connectivity index (χ0n) is 10.4. The molecule has 1 amide bonds. The van der Waals surface area contributed by atoms with Crippen molar-refractivity contribution in [3.8, 4) is 5.88 Å². The van der Waals surface area contributed by atoms with Gasteiger partial charge < -0.3 is 15.8 Å². The summed E-state index contributed by atoms with van der Waals surface area (Å²) in [6, 6.07) is 3.16. The van der Waals surface area contributed by atoms with Crippen LogP contribution in [0.15, 0.2) is 18.3 Å². The molecule has 19 heavy (non-hydrogen) atoms. The van der Waals surface area contributed by atoms with Crippen molar-refractivity contribution in [1.82, 2.24) is 10.3 Å². The molecule has 1 aromatic rings. The second-order valence-corrected chi connectivity index (χ2v) is 4.05. The predicted octanol–water partition coefficient (Wildman–Crippen LogP) is 0.986. The first kappa shape index (κ1) is 15.2. The van der Waals surface area contributed by atoms with Crippen molar-refractivity contribution in [1.29, 1.82) is 0 Å². The highest BCUT2D eigenvalue weighted by molar-refractivity contribution is 5.86. The first-order valence-electron chi connectivity index (χ1n) is 5.32. The minimum absolute atomic E-state index is 0.154. The molecule has 0 aromatic carbocycles. The Kier molecular flexibility index (Phi) is 4.35. The molecule has 0 spiro atoms. The van der Waals surface area contributed by atoms with Gasteiger partial charge in [0.25, 0.3) is 0 Å². The van der Waals surface area contributed by atoms with Gasteiger partial charge in [0.15, 0.2) is 5.54 Å². The van der Waals surface area contributed by atoms with Gasteiger partial charge in [0.05, 0.1) is 7.11 Å². The fourth-order valence-corrected chi connectivity index (χ4v) is 1.23. The lowest BCUT2D eigenvalue weighted by Gasteiger charge is -2.26. The molecule has 1 aromatic heterocycles. The normalized spacial score (nSPS) is 14.6. The maximum Gasteiger partial charge on any atom is 0.415 e. The van der Waals surface area contributed by atoms with Crippen molar-refractivity contribution in [3.63, 3.8) is 0 Å². The molecule has 5 nitrogen and oxygen atoms in total. The average Bonchev–Trinajstić information content (AvgIpc) is 2.34. The summed E-state index contributed by atoms with van der Waals surface area (Å²) in [6.45, 7) is 0.460. The zero-order chi connectivity index (χ0) is 14.7. The van der Waals surface area contributed by atoms with E-state index in [1.807, 2.05) is 0 Å². The van der Waals surface area contributed by atoms with Gasteiger partial charge in [0, 0.05) is 18.3 Å². The van der Waals surface area contributed by atoms with E-state index in [9.17, 15) is 18.0 Å². The number of carbonyl (C=O) groups excluding carboxylic acids is 1. The molecule has 0 bridgehead atoms. The predicted molar refractivity (Wildman–Crippen MR) is 61.3 cm³/mol. The second kappa shape index (κ2) is 5.43. The van der Waals surface area contributed by atoms with Gasteiger partial charge in [0.2, 0.25) is 11.8 Å². The van der Waals surface area contributed by atoms with Crippen molar-refractivity contribution < 1.29 is 22.7 Å². The van der Waals surface area contributed by atoms with E-state index < -0.39 is 17.6 Å². The van der Waals surface area contributed by atoms with Crippen LogP contribution < -0.4 is 15.8 Å². The number of methoxy groups -OCH3 is 1. The summed E-state index contributed by atoms with van der Waals surface area (Å²) in [7, 11) is 1.37. The highest BCUT2D eigenvalue weighted by Crippen LogP contribution is 2.28. The third-order valence-electron chi connectivity index (χ3n) is 2.54. The monoisotopic (exact) mass is 277 g/mol. The molecule has 0 fully saturated rings. The number of alkyl halides is 3. The van der Waals surface area contributed by atoms with Crippen molar-refractivity contribution in [2.24, 2.45) is 5.73 Å². The van der Waals surface area contributed by atoms with Crippen molar-refractivity contribution in [2.45, 2.75) is 25.2 Å². The number of carbonyl (C=O) groups is 1. The van der Waals surface area contributed by atoms with Crippen LogP contribution in [-0.2, 0) is 11.3 Å². The summed E-state index contributed by atoms with van der Waals surface area (Å²) in [6.07, 6.45) is -3.36. The highest BCUT2D eigenvalue weighted by atomic mass is 19.4. The van der Waals surface area contributed by atoms with Gasteiger partial charge in [-0.25, -0.2) is 4.98 Å². The minimum Gasteiger partial charge on any atom is -0.481 e. The van der Waals surface area contributed by atoms with Gasteiger partial charge in [-0.1, -0.05) is 6.07 Å². The molecule has 0 radical (unpaired) electrons. The average molecular weight is 277 g/mol. The van der Waals surface area contributed by atoms with Gasteiger partial charge in [-0.2, -0.15) is 13.2 Å². The van der Waals surface area contributed by atoms with Gasteiger partial charge in [-0.05, 0) is 13.0 Å². The van der Waals surface area contributed by atoms with Gasteiger partial charge in [-0.15, -0.1) is 0 Å². The van der Waals surface area contributed by atoms with Crippen LogP contribution in [0.5, 0.6) is 5.88 Å². The van der Waals surface area contributed by atoms with Crippen LogP contribution in [0.1, 0.15) is 12.5 Å². The smallest absolute Gasteiger partial charge is 0.415 e. The Balaban J connectivity index is 2.75. The molecule has 106 valence electrons. The molecule has 0 aliphatic carbocycles. The lowest BCUT2D eigenvalue weighted by molar-refractivity contribution is -0.187.